The second-order valence-electron chi connectivity index (χ2n) is 8.79. The number of nitrogens with zero attached hydrogens (tertiary/aromatic N) is 4. The lowest BCUT2D eigenvalue weighted by Gasteiger charge is -2.49. The maximum absolute atomic E-state index is 12.9. The molecule has 49 heavy (non-hydrogen) atoms. The van der Waals surface area contributed by atoms with Crippen molar-refractivity contribution < 1.29 is 75.3 Å². The first-order valence-electron chi connectivity index (χ1n) is 12.5. The van der Waals surface area contributed by atoms with Crippen LogP contribution in [0.25, 0.3) is 0 Å². The highest BCUT2D eigenvalue weighted by Crippen LogP contribution is 2.44. The Morgan fingerprint density at radius 2 is 1.71 bits per heavy atom. The first-order chi connectivity index (χ1) is 22.6. The Balaban J connectivity index is 0.000000500. The highest BCUT2D eigenvalue weighted by Gasteiger charge is 2.54. The number of alkyl halides is 6. The standard InChI is InChI=1S/C20H18N6O6S3.2C2HF3O2/c1-9(27)32-25-13(11-7-35-20(21)23-11)16(28)24-14-17(29)26-15(19(30)31)12(8-34-18(14)26)33-6-10-3-2-4-22-5-10;2*3-2(4,5)1(6)7/h2-5,7,14,18H,6,8H2,1H3,(H2,21,23)(H,24,28)(H,30,31);2*(H,6,7)/b25-13-;;/t14-,18+;;/m1../s1. The van der Waals surface area contributed by atoms with Gasteiger partial charge in [-0.15, -0.1) is 34.9 Å². The number of oxime groups is 1. The maximum atomic E-state index is 12.9. The number of hydrogen-bond donors (Lipinski definition) is 5. The van der Waals surface area contributed by atoms with Crippen molar-refractivity contribution in [3.63, 3.8) is 0 Å². The molecular weight excluding hydrogens is 742 g/mol. The lowest BCUT2D eigenvalue weighted by atomic mass is 10.0. The van der Waals surface area contributed by atoms with Crippen molar-refractivity contribution in [1.82, 2.24) is 20.2 Å². The van der Waals surface area contributed by atoms with E-state index in [4.69, 9.17) is 25.5 Å². The fourth-order valence-electron chi connectivity index (χ4n) is 3.28. The first-order valence-corrected chi connectivity index (χ1v) is 15.4. The zero-order valence-electron chi connectivity index (χ0n) is 24.0. The normalized spacial score (nSPS) is 17.2. The molecule has 0 radical (unpaired) electrons. The largest absolute Gasteiger partial charge is 0.490 e. The van der Waals surface area contributed by atoms with Crippen LogP contribution in [0.5, 0.6) is 0 Å². The van der Waals surface area contributed by atoms with Crippen LogP contribution in [0.1, 0.15) is 18.2 Å². The van der Waals surface area contributed by atoms with Gasteiger partial charge in [0.2, 0.25) is 0 Å². The minimum Gasteiger partial charge on any atom is -0.477 e. The molecule has 0 saturated carbocycles. The van der Waals surface area contributed by atoms with E-state index in [9.17, 15) is 50.6 Å². The van der Waals surface area contributed by atoms with Gasteiger partial charge in [-0.2, -0.15) is 26.3 Å². The number of aliphatic carboxylic acids is 3. The number of pyridine rings is 1. The Labute approximate surface area is 281 Å². The molecule has 0 spiro atoms. The van der Waals surface area contributed by atoms with E-state index in [0.717, 1.165) is 23.8 Å². The zero-order chi connectivity index (χ0) is 37.3. The summed E-state index contributed by atoms with van der Waals surface area (Å²) < 4.78 is 63.5. The number of nitrogens with two attached hydrogens (primary N) is 1. The van der Waals surface area contributed by atoms with E-state index in [0.29, 0.717) is 16.4 Å². The summed E-state index contributed by atoms with van der Waals surface area (Å²) in [6.07, 6.45) is -6.83. The summed E-state index contributed by atoms with van der Waals surface area (Å²) in [6, 6.07) is 2.68. The Kier molecular flexibility index (Phi) is 13.9. The fourth-order valence-corrected chi connectivity index (χ4v) is 6.39. The Hall–Kier alpha value is -4.91. The Morgan fingerprint density at radius 1 is 1.12 bits per heavy atom. The molecule has 2 atom stereocenters. The van der Waals surface area contributed by atoms with E-state index in [-0.39, 0.29) is 22.2 Å². The number of β-lactam (4-membered cyclic amide) rings is 1. The number of carboxylic acid groups (broad SMARTS) is 3. The summed E-state index contributed by atoms with van der Waals surface area (Å²) in [5.41, 5.74) is 6.19. The van der Waals surface area contributed by atoms with E-state index in [1.807, 2.05) is 6.07 Å². The monoisotopic (exact) mass is 762 g/mol. The lowest BCUT2D eigenvalue weighted by Crippen LogP contribution is -2.71. The van der Waals surface area contributed by atoms with E-state index in [2.05, 4.69) is 25.3 Å². The number of thiazole rings is 1. The molecule has 0 aliphatic carbocycles. The number of aromatic nitrogens is 2. The number of amides is 2. The Bertz CT molecular complexity index is 1630. The number of halogens is 6. The number of anilines is 1. The van der Waals surface area contributed by atoms with Gasteiger partial charge in [-0.05, 0) is 11.6 Å². The summed E-state index contributed by atoms with van der Waals surface area (Å²) in [5.74, 6) is -8.02. The van der Waals surface area contributed by atoms with Gasteiger partial charge in [-0.1, -0.05) is 11.2 Å². The zero-order valence-corrected chi connectivity index (χ0v) is 26.5. The molecule has 2 aliphatic rings. The topological polar surface area (TPSA) is 252 Å². The molecule has 2 aromatic rings. The third kappa shape index (κ3) is 11.6. The third-order valence-corrected chi connectivity index (χ3v) is 8.59. The molecule has 1 saturated heterocycles. The predicted molar refractivity (Wildman–Crippen MR) is 157 cm³/mol. The molecule has 2 aromatic heterocycles. The van der Waals surface area contributed by atoms with Gasteiger partial charge in [-0.3, -0.25) is 19.5 Å². The SMILES string of the molecule is CC(=O)O/N=C(\C(=O)N[C@@H]1C(=O)N2C(C(=O)O)=C(SCc3cccnc3)CS[C@@H]12)c1csc(N)n1.O=C(O)C(F)(F)F.O=C(O)C(F)(F)F. The number of nitrogen functional groups attached to an aromatic ring is 1. The average molecular weight is 763 g/mol. The van der Waals surface area contributed by atoms with Crippen LogP contribution in [0.15, 0.2) is 45.7 Å². The van der Waals surface area contributed by atoms with Crippen molar-refractivity contribution in [2.45, 2.75) is 36.4 Å². The molecule has 25 heteroatoms. The second kappa shape index (κ2) is 17.0. The maximum Gasteiger partial charge on any atom is 0.490 e. The number of carbonyl (C=O) groups excluding carboxylic acids is 3. The first kappa shape index (κ1) is 40.3. The van der Waals surface area contributed by atoms with Crippen molar-refractivity contribution in [3.05, 3.63) is 51.8 Å². The molecule has 4 heterocycles. The number of carbonyl (C=O) groups is 6. The van der Waals surface area contributed by atoms with Crippen molar-refractivity contribution >= 4 is 81.4 Å². The molecule has 0 aromatic carbocycles. The van der Waals surface area contributed by atoms with Gasteiger partial charge in [0, 0.05) is 41.1 Å². The number of hydrogen-bond acceptors (Lipinski definition) is 14. The van der Waals surface area contributed by atoms with Crippen LogP contribution in [-0.2, 0) is 39.4 Å². The summed E-state index contributed by atoms with van der Waals surface area (Å²) in [7, 11) is 0. The number of rotatable bonds is 8. The number of nitrogens with one attached hydrogen (secondary N) is 1. The van der Waals surface area contributed by atoms with Crippen molar-refractivity contribution in [2.24, 2.45) is 5.16 Å². The predicted octanol–water partition coefficient (Wildman–Crippen LogP) is 2.28. The van der Waals surface area contributed by atoms with Crippen molar-refractivity contribution in [1.29, 1.82) is 0 Å². The average Bonchev–Trinajstić information content (AvgIpc) is 3.43. The van der Waals surface area contributed by atoms with Gasteiger partial charge in [0.1, 0.15) is 22.8 Å². The van der Waals surface area contributed by atoms with Gasteiger partial charge in [0.15, 0.2) is 10.8 Å². The van der Waals surface area contributed by atoms with Gasteiger partial charge in [0.25, 0.3) is 11.8 Å². The second-order valence-corrected chi connectivity index (χ2v) is 11.9. The molecule has 2 amide bonds. The van der Waals surface area contributed by atoms with E-state index in [1.54, 1.807) is 18.5 Å². The lowest BCUT2D eigenvalue weighted by molar-refractivity contribution is -0.193. The smallest absolute Gasteiger partial charge is 0.477 e. The van der Waals surface area contributed by atoms with Gasteiger partial charge in [0.05, 0.1) is 0 Å². The van der Waals surface area contributed by atoms with Gasteiger partial charge < -0.3 is 31.2 Å². The number of carboxylic acids is 3. The fraction of sp³-hybridized carbons (Fsp3) is 0.292. The number of thioether (sulfide) groups is 2. The van der Waals surface area contributed by atoms with Crippen LogP contribution in [0, 0.1) is 0 Å². The molecule has 1 fully saturated rings. The summed E-state index contributed by atoms with van der Waals surface area (Å²) in [6.45, 7) is 1.12. The summed E-state index contributed by atoms with van der Waals surface area (Å²) in [4.78, 5) is 81.2. The number of fused-ring (bicyclic) bond motifs is 1. The minimum absolute atomic E-state index is 0.0754. The Morgan fingerprint density at radius 3 is 2.16 bits per heavy atom. The van der Waals surface area contributed by atoms with Gasteiger partial charge in [-0.25, -0.2) is 24.2 Å². The summed E-state index contributed by atoms with van der Waals surface area (Å²) in [5, 5.41) is 31.2. The van der Waals surface area contributed by atoms with E-state index >= 15 is 0 Å². The quantitative estimate of drug-likeness (QED) is 0.0851. The molecule has 2 aliphatic heterocycles. The van der Waals surface area contributed by atoms with Gasteiger partial charge >= 0.3 is 36.2 Å². The molecule has 0 unspecified atom stereocenters. The van der Waals surface area contributed by atoms with Crippen LogP contribution < -0.4 is 11.1 Å². The van der Waals surface area contributed by atoms with Crippen LogP contribution in [0.3, 0.4) is 0 Å². The molecule has 16 nitrogen and oxygen atoms in total. The van der Waals surface area contributed by atoms with Crippen molar-refractivity contribution in [2.75, 3.05) is 11.5 Å². The van der Waals surface area contributed by atoms with Crippen LogP contribution in [0.2, 0.25) is 0 Å². The molecule has 4 rings (SSSR count). The van der Waals surface area contributed by atoms with Crippen LogP contribution in [0.4, 0.5) is 31.5 Å². The molecule has 266 valence electrons. The summed E-state index contributed by atoms with van der Waals surface area (Å²) >= 11 is 3.72. The highest BCUT2D eigenvalue weighted by molar-refractivity contribution is 8.05. The van der Waals surface area contributed by atoms with Crippen LogP contribution in [-0.4, -0.2) is 101 Å². The third-order valence-electron chi connectivity index (χ3n) is 5.29. The van der Waals surface area contributed by atoms with Crippen LogP contribution >= 0.6 is 34.9 Å². The minimum atomic E-state index is -5.08. The van der Waals surface area contributed by atoms with E-state index < -0.39 is 59.5 Å². The molecule has 0 bridgehead atoms. The molecular formula is C24H20F6N6O10S3. The molecule has 6 N–H and O–H groups in total. The van der Waals surface area contributed by atoms with Crippen molar-refractivity contribution in [3.8, 4) is 0 Å². The highest BCUT2D eigenvalue weighted by atomic mass is 32.2. The van der Waals surface area contributed by atoms with E-state index in [1.165, 1.54) is 33.8 Å².